The molecule has 15 heteroatoms. The monoisotopic (exact) mass is 865 g/mol. The van der Waals surface area contributed by atoms with Gasteiger partial charge in [-0.15, -0.1) is 11.3 Å². The molecule has 4 fully saturated rings. The Hall–Kier alpha value is -5.12. The summed E-state index contributed by atoms with van der Waals surface area (Å²) in [5.74, 6) is -3.20. The van der Waals surface area contributed by atoms with E-state index < -0.39 is 35.1 Å². The number of halogens is 2. The van der Waals surface area contributed by atoms with Gasteiger partial charge in [0.2, 0.25) is 11.8 Å². The fraction of sp³-hybridized carbons (Fsp3) is 0.489. The standard InChI is InChI=1S/C47H53F2N7O5S/c1-26-30-7-5-8-32(40(30)44(60)56(26)36-15-16-39(57)54-42(36)59)50-18-17-28-21-47(22-28)24-55(25-47)23-27-11-13-29(14-12-27)43-53-35-19-31(45(2,3)61)34(20-37(35)62-43)52-41(58)33-9-6-10-38(51-33)46(4,48)49/h5-10,19-20,27-29,36,50,61H,1,11-18,21-25H2,2-4H3,(H,52,58)(H,54,57,59). The van der Waals surface area contributed by atoms with Gasteiger partial charge in [0.25, 0.3) is 17.7 Å². The molecule has 0 bridgehead atoms. The van der Waals surface area contributed by atoms with Crippen molar-refractivity contribution in [3.8, 4) is 0 Å². The van der Waals surface area contributed by atoms with Crippen molar-refractivity contribution in [3.63, 3.8) is 0 Å². The van der Waals surface area contributed by atoms with Gasteiger partial charge in [0, 0.05) is 73.6 Å². The first-order valence-electron chi connectivity index (χ1n) is 21.7. The van der Waals surface area contributed by atoms with E-state index >= 15 is 0 Å². The van der Waals surface area contributed by atoms with E-state index in [0.717, 1.165) is 91.7 Å². The lowest BCUT2D eigenvalue weighted by molar-refractivity contribution is -0.136. The Kier molecular flexibility index (Phi) is 10.8. The number of carbonyl (C=O) groups is 4. The average Bonchev–Trinajstić information content (AvgIpc) is 3.73. The predicted octanol–water partition coefficient (Wildman–Crippen LogP) is 8.00. The van der Waals surface area contributed by atoms with Gasteiger partial charge in [-0.3, -0.25) is 29.4 Å². The van der Waals surface area contributed by atoms with Crippen LogP contribution in [-0.2, 0) is 21.1 Å². The molecule has 1 unspecified atom stereocenters. The molecule has 4 N–H and O–H groups in total. The number of imide groups is 1. The van der Waals surface area contributed by atoms with E-state index in [1.165, 1.54) is 35.9 Å². The molecule has 4 amide bonds. The van der Waals surface area contributed by atoms with Gasteiger partial charge in [0.15, 0.2) is 0 Å². The zero-order valence-electron chi connectivity index (χ0n) is 35.4. The number of aromatic nitrogens is 2. The zero-order valence-corrected chi connectivity index (χ0v) is 36.2. The van der Waals surface area contributed by atoms with E-state index in [2.05, 4.69) is 32.4 Å². The van der Waals surface area contributed by atoms with Crippen molar-refractivity contribution in [1.82, 2.24) is 25.1 Å². The number of piperidine rings is 1. The average molecular weight is 866 g/mol. The second-order valence-electron chi connectivity index (χ2n) is 18.9. The summed E-state index contributed by atoms with van der Waals surface area (Å²) in [4.78, 5) is 64.1. The molecular formula is C47H53F2N7O5S. The number of nitrogens with one attached hydrogen (secondary N) is 3. The lowest BCUT2D eigenvalue weighted by Crippen LogP contribution is -2.63. The Morgan fingerprint density at radius 2 is 1.73 bits per heavy atom. The third kappa shape index (κ3) is 8.14. The molecule has 5 aliphatic rings. The quantitative estimate of drug-likeness (QED) is 0.104. The fourth-order valence-corrected chi connectivity index (χ4v) is 11.8. The van der Waals surface area contributed by atoms with E-state index in [4.69, 9.17) is 4.98 Å². The third-order valence-electron chi connectivity index (χ3n) is 13.6. The van der Waals surface area contributed by atoms with Crippen LogP contribution in [0, 0.1) is 17.3 Å². The number of rotatable bonds is 12. The highest BCUT2D eigenvalue weighted by Gasteiger charge is 2.52. The lowest BCUT2D eigenvalue weighted by atomic mass is 9.57. The Morgan fingerprint density at radius 3 is 2.44 bits per heavy atom. The minimum atomic E-state index is -3.19. The molecule has 2 aromatic heterocycles. The van der Waals surface area contributed by atoms with Crippen LogP contribution in [-0.4, -0.2) is 80.7 Å². The van der Waals surface area contributed by atoms with Gasteiger partial charge < -0.3 is 20.6 Å². The number of likely N-dealkylation sites (tertiary alicyclic amines) is 1. The number of carbonyl (C=O) groups excluding carboxylic acids is 4. The van der Waals surface area contributed by atoms with Crippen LogP contribution in [0.1, 0.15) is 127 Å². The maximum atomic E-state index is 13.9. The topological polar surface area (TPSA) is 157 Å². The van der Waals surface area contributed by atoms with E-state index in [1.54, 1.807) is 25.2 Å². The molecule has 4 aromatic rings. The molecule has 1 spiro atoms. The van der Waals surface area contributed by atoms with Crippen LogP contribution < -0.4 is 16.0 Å². The second kappa shape index (κ2) is 15.9. The van der Waals surface area contributed by atoms with E-state index in [-0.39, 0.29) is 30.3 Å². The smallest absolute Gasteiger partial charge is 0.287 e. The van der Waals surface area contributed by atoms with Crippen molar-refractivity contribution < 1.29 is 33.1 Å². The van der Waals surface area contributed by atoms with Crippen LogP contribution in [0.4, 0.5) is 20.2 Å². The molecule has 1 atom stereocenters. The molecule has 12 nitrogen and oxygen atoms in total. The summed E-state index contributed by atoms with van der Waals surface area (Å²) in [6.07, 6.45) is 8.35. The molecule has 0 radical (unpaired) electrons. The summed E-state index contributed by atoms with van der Waals surface area (Å²) in [5, 5.41) is 20.8. The van der Waals surface area contributed by atoms with Crippen molar-refractivity contribution in [2.24, 2.45) is 17.3 Å². The first-order chi connectivity index (χ1) is 29.4. The van der Waals surface area contributed by atoms with Crippen LogP contribution in [0.25, 0.3) is 15.9 Å². The van der Waals surface area contributed by atoms with Crippen LogP contribution in [0.5, 0.6) is 0 Å². The van der Waals surface area contributed by atoms with E-state index in [0.29, 0.717) is 45.7 Å². The largest absolute Gasteiger partial charge is 0.386 e. The van der Waals surface area contributed by atoms with Crippen molar-refractivity contribution in [2.75, 3.05) is 36.8 Å². The molecule has 9 rings (SSSR count). The number of hydrogen-bond acceptors (Lipinski definition) is 10. The second-order valence-corrected chi connectivity index (χ2v) is 20.0. The number of benzene rings is 2. The molecule has 3 aliphatic heterocycles. The summed E-state index contributed by atoms with van der Waals surface area (Å²) in [5.41, 5.74) is 2.67. The number of anilines is 2. The lowest BCUT2D eigenvalue weighted by Gasteiger charge is -2.60. The maximum absolute atomic E-state index is 13.9. The van der Waals surface area contributed by atoms with Gasteiger partial charge in [-0.1, -0.05) is 24.8 Å². The maximum Gasteiger partial charge on any atom is 0.287 e. The van der Waals surface area contributed by atoms with Crippen molar-refractivity contribution in [3.05, 3.63) is 88.2 Å². The minimum Gasteiger partial charge on any atom is -0.386 e. The Morgan fingerprint density at radius 1 is 0.984 bits per heavy atom. The van der Waals surface area contributed by atoms with Gasteiger partial charge in [0.1, 0.15) is 17.4 Å². The number of aliphatic hydroxyl groups is 1. The highest BCUT2D eigenvalue weighted by molar-refractivity contribution is 7.18. The molecule has 2 aromatic carbocycles. The number of amides is 4. The molecule has 62 heavy (non-hydrogen) atoms. The summed E-state index contributed by atoms with van der Waals surface area (Å²) in [6.45, 7) is 12.3. The SMILES string of the molecule is C=C1c2cccc(NCCC3CC4(C3)CN(CC3CCC(c5nc6cc(C(C)(C)O)c(NC(=O)c7cccc(C(C)(F)F)n7)cc6s5)CC3)C4)c2C(=O)N1C1CCC(=O)NC1=O. The number of pyridine rings is 1. The highest BCUT2D eigenvalue weighted by atomic mass is 32.1. The Bertz CT molecular complexity index is 2470. The van der Waals surface area contributed by atoms with Gasteiger partial charge in [0.05, 0.1) is 26.4 Å². The molecule has 2 saturated heterocycles. The van der Waals surface area contributed by atoms with Gasteiger partial charge in [-0.2, -0.15) is 8.78 Å². The first-order valence-corrected chi connectivity index (χ1v) is 22.6. The molecule has 2 aliphatic carbocycles. The molecule has 5 heterocycles. The molecule has 326 valence electrons. The first kappa shape index (κ1) is 42.2. The molecular weight excluding hydrogens is 813 g/mol. The Balaban J connectivity index is 0.735. The predicted molar refractivity (Wildman–Crippen MR) is 234 cm³/mol. The van der Waals surface area contributed by atoms with Crippen molar-refractivity contribution in [1.29, 1.82) is 0 Å². The number of nitrogens with zero attached hydrogens (tertiary/aromatic N) is 4. The van der Waals surface area contributed by atoms with Crippen molar-refractivity contribution in [2.45, 2.75) is 102 Å². The van der Waals surface area contributed by atoms with Crippen LogP contribution >= 0.6 is 11.3 Å². The van der Waals surface area contributed by atoms with Crippen LogP contribution in [0.15, 0.2) is 55.1 Å². The number of thiazole rings is 1. The minimum absolute atomic E-state index is 0.134. The van der Waals surface area contributed by atoms with Gasteiger partial charge in [-0.05, 0) is 113 Å². The van der Waals surface area contributed by atoms with Gasteiger partial charge >= 0.3 is 0 Å². The van der Waals surface area contributed by atoms with Crippen LogP contribution in [0.2, 0.25) is 0 Å². The fourth-order valence-electron chi connectivity index (χ4n) is 10.6. The number of hydrogen-bond donors (Lipinski definition) is 4. The number of fused-ring (bicyclic) bond motifs is 2. The summed E-state index contributed by atoms with van der Waals surface area (Å²) < 4.78 is 28.7. The van der Waals surface area contributed by atoms with Crippen molar-refractivity contribution >= 4 is 62.3 Å². The van der Waals surface area contributed by atoms with Gasteiger partial charge in [-0.25, -0.2) is 9.97 Å². The van der Waals surface area contributed by atoms with E-state index in [9.17, 15) is 33.1 Å². The molecule has 2 saturated carbocycles. The highest BCUT2D eigenvalue weighted by Crippen LogP contribution is 2.54. The Labute approximate surface area is 363 Å². The summed E-state index contributed by atoms with van der Waals surface area (Å²) in [7, 11) is 0. The zero-order chi connectivity index (χ0) is 43.7. The third-order valence-corrected chi connectivity index (χ3v) is 14.8. The summed E-state index contributed by atoms with van der Waals surface area (Å²) in [6, 6.07) is 12.5. The van der Waals surface area contributed by atoms with Crippen LogP contribution in [0.3, 0.4) is 0 Å². The van der Waals surface area contributed by atoms with E-state index in [1.807, 2.05) is 30.3 Å². The normalized spacial score (nSPS) is 23.0. The summed E-state index contributed by atoms with van der Waals surface area (Å²) >= 11 is 1.61. The number of alkyl halides is 2.